The molecular formula is C18H17ClN4O4S. The molecule has 146 valence electrons. The maximum Gasteiger partial charge on any atom is 0.323 e. The van der Waals surface area contributed by atoms with E-state index in [0.717, 1.165) is 12.8 Å². The molecule has 8 nitrogen and oxygen atoms in total. The van der Waals surface area contributed by atoms with Crippen LogP contribution >= 0.6 is 11.6 Å². The molecule has 0 atom stereocenters. The predicted molar refractivity (Wildman–Crippen MR) is 106 cm³/mol. The number of nitrogens with zero attached hydrogens (tertiary/aromatic N) is 1. The number of H-pyrrole nitrogens is 2. The van der Waals surface area contributed by atoms with Crippen molar-refractivity contribution in [2.24, 2.45) is 0 Å². The smallest absolute Gasteiger partial charge is 0.322 e. The minimum absolute atomic E-state index is 0.0749. The lowest BCUT2D eigenvalue weighted by Gasteiger charge is -2.17. The summed E-state index contributed by atoms with van der Waals surface area (Å²) in [5, 5.41) is 2.78. The number of halogens is 1. The molecule has 0 saturated carbocycles. The third-order valence-corrected chi connectivity index (χ3v) is 7.03. The molecule has 0 radical (unpaired) electrons. The number of carbonyl (C=O) groups excluding carboxylic acids is 1. The highest BCUT2D eigenvalue weighted by atomic mass is 35.5. The molecule has 3 aromatic rings. The highest BCUT2D eigenvalue weighted by Gasteiger charge is 2.29. The van der Waals surface area contributed by atoms with Crippen LogP contribution in [0.5, 0.6) is 0 Å². The summed E-state index contributed by atoms with van der Waals surface area (Å²) in [6, 6.07) is 9.09. The van der Waals surface area contributed by atoms with Crippen molar-refractivity contribution in [3.63, 3.8) is 0 Å². The first-order valence-corrected chi connectivity index (χ1v) is 10.5. The molecule has 1 fully saturated rings. The largest absolute Gasteiger partial charge is 0.323 e. The molecule has 0 bridgehead atoms. The van der Waals surface area contributed by atoms with E-state index >= 15 is 0 Å². The molecule has 3 N–H and O–H groups in total. The summed E-state index contributed by atoms with van der Waals surface area (Å²) >= 11 is 6.12. The highest BCUT2D eigenvalue weighted by Crippen LogP contribution is 2.28. The van der Waals surface area contributed by atoms with Gasteiger partial charge in [-0.15, -0.1) is 0 Å². The Balaban J connectivity index is 1.63. The summed E-state index contributed by atoms with van der Waals surface area (Å²) in [6.07, 6.45) is 1.61. The molecule has 28 heavy (non-hydrogen) atoms. The average Bonchev–Trinajstić information content (AvgIpc) is 3.30. The van der Waals surface area contributed by atoms with Crippen molar-refractivity contribution in [1.82, 2.24) is 14.3 Å². The Morgan fingerprint density at radius 2 is 1.75 bits per heavy atom. The number of sulfonamides is 1. The Morgan fingerprint density at radius 1 is 1.04 bits per heavy atom. The van der Waals surface area contributed by atoms with Crippen molar-refractivity contribution in [3.8, 4) is 0 Å². The van der Waals surface area contributed by atoms with Gasteiger partial charge in [0.2, 0.25) is 10.0 Å². The lowest BCUT2D eigenvalue weighted by molar-refractivity contribution is 0.102. The molecule has 1 aliphatic heterocycles. The van der Waals surface area contributed by atoms with Crippen molar-refractivity contribution >= 4 is 44.3 Å². The normalized spacial score (nSPS) is 15.2. The number of nitrogens with one attached hydrogen (secondary N) is 3. The molecule has 10 heteroatoms. The molecule has 1 saturated heterocycles. The number of rotatable bonds is 4. The Bertz CT molecular complexity index is 1230. The Hall–Kier alpha value is -2.62. The monoisotopic (exact) mass is 420 g/mol. The van der Waals surface area contributed by atoms with E-state index in [2.05, 4.69) is 15.3 Å². The zero-order chi connectivity index (χ0) is 19.9. The van der Waals surface area contributed by atoms with Crippen LogP contribution in [0.3, 0.4) is 0 Å². The van der Waals surface area contributed by atoms with E-state index in [0.29, 0.717) is 29.8 Å². The van der Waals surface area contributed by atoms with Crippen LogP contribution in [0.25, 0.3) is 11.0 Å². The zero-order valence-corrected chi connectivity index (χ0v) is 16.2. The number of carbonyl (C=O) groups is 1. The third kappa shape index (κ3) is 3.44. The topological polar surface area (TPSA) is 115 Å². The molecule has 1 amide bonds. The number of anilines is 1. The fraction of sp³-hybridized carbons (Fsp3) is 0.222. The van der Waals surface area contributed by atoms with Crippen LogP contribution in [0.1, 0.15) is 23.2 Å². The maximum absolute atomic E-state index is 12.8. The summed E-state index contributed by atoms with van der Waals surface area (Å²) in [5.41, 5.74) is 1.47. The van der Waals surface area contributed by atoms with Crippen LogP contribution in [0.2, 0.25) is 5.02 Å². The van der Waals surface area contributed by atoms with Crippen molar-refractivity contribution < 1.29 is 13.2 Å². The first-order valence-electron chi connectivity index (χ1n) is 8.68. The van der Waals surface area contributed by atoms with E-state index in [9.17, 15) is 18.0 Å². The molecule has 0 unspecified atom stereocenters. The zero-order valence-electron chi connectivity index (χ0n) is 14.7. The number of aromatic nitrogens is 2. The van der Waals surface area contributed by atoms with E-state index < -0.39 is 15.9 Å². The number of imidazole rings is 1. The fourth-order valence-corrected chi connectivity index (χ4v) is 5.24. The summed E-state index contributed by atoms with van der Waals surface area (Å²) in [7, 11) is -3.75. The maximum atomic E-state index is 12.8. The van der Waals surface area contributed by atoms with E-state index in [4.69, 9.17) is 11.6 Å². The quantitative estimate of drug-likeness (QED) is 0.601. The van der Waals surface area contributed by atoms with Crippen LogP contribution in [0.15, 0.2) is 46.1 Å². The van der Waals surface area contributed by atoms with E-state index in [1.165, 1.54) is 22.5 Å². The Kier molecular flexibility index (Phi) is 4.74. The summed E-state index contributed by atoms with van der Waals surface area (Å²) in [6.45, 7) is 0.897. The highest BCUT2D eigenvalue weighted by molar-refractivity contribution is 7.89. The van der Waals surface area contributed by atoms with Gasteiger partial charge in [0.05, 0.1) is 16.1 Å². The van der Waals surface area contributed by atoms with Crippen molar-refractivity contribution in [2.45, 2.75) is 17.7 Å². The molecule has 4 rings (SSSR count). The van der Waals surface area contributed by atoms with Gasteiger partial charge in [0, 0.05) is 24.3 Å². The second kappa shape index (κ2) is 7.08. The molecule has 2 heterocycles. The van der Waals surface area contributed by atoms with Gasteiger partial charge in [-0.3, -0.25) is 4.79 Å². The van der Waals surface area contributed by atoms with Gasteiger partial charge in [0.25, 0.3) is 5.91 Å². The molecule has 0 spiro atoms. The van der Waals surface area contributed by atoms with Crippen LogP contribution < -0.4 is 11.0 Å². The number of fused-ring (bicyclic) bond motifs is 1. The standard InChI is InChI=1S/C18H17ClN4O4S/c19-13-5-3-11(9-16(13)28(26,27)23-7-1-2-8-23)17(24)20-12-4-6-14-15(10-12)22-18(25)21-14/h3-6,9-10H,1-2,7-8H2,(H,20,24)(H2,21,22,25). The molecular weight excluding hydrogens is 404 g/mol. The predicted octanol–water partition coefficient (Wildman–Crippen LogP) is 2.55. The van der Waals surface area contributed by atoms with Crippen LogP contribution in [0.4, 0.5) is 5.69 Å². The number of benzene rings is 2. The van der Waals surface area contributed by atoms with Gasteiger partial charge in [-0.2, -0.15) is 4.31 Å². The lowest BCUT2D eigenvalue weighted by Crippen LogP contribution is -2.28. The second-order valence-electron chi connectivity index (χ2n) is 6.55. The number of hydrogen-bond acceptors (Lipinski definition) is 4. The fourth-order valence-electron chi connectivity index (χ4n) is 3.22. The van der Waals surface area contributed by atoms with Crippen molar-refractivity contribution in [2.75, 3.05) is 18.4 Å². The minimum Gasteiger partial charge on any atom is -0.322 e. The van der Waals surface area contributed by atoms with Crippen LogP contribution in [-0.4, -0.2) is 41.7 Å². The summed E-state index contributed by atoms with van der Waals surface area (Å²) < 4.78 is 27.0. The van der Waals surface area contributed by atoms with Gasteiger partial charge in [-0.1, -0.05) is 11.6 Å². The van der Waals surface area contributed by atoms with E-state index in [1.54, 1.807) is 18.2 Å². The van der Waals surface area contributed by atoms with Crippen molar-refractivity contribution in [3.05, 3.63) is 57.5 Å². The Labute approximate surface area is 165 Å². The van der Waals surface area contributed by atoms with Crippen molar-refractivity contribution in [1.29, 1.82) is 0 Å². The average molecular weight is 421 g/mol. The van der Waals surface area contributed by atoms with E-state index in [-0.39, 0.29) is 21.2 Å². The molecule has 1 aromatic heterocycles. The minimum atomic E-state index is -3.75. The van der Waals surface area contributed by atoms with Gasteiger partial charge in [-0.05, 0) is 49.2 Å². The van der Waals surface area contributed by atoms with Gasteiger partial charge in [0.1, 0.15) is 4.90 Å². The molecule has 1 aliphatic rings. The molecule has 0 aliphatic carbocycles. The SMILES string of the molecule is O=C(Nc1ccc2[nH]c(=O)[nH]c2c1)c1ccc(Cl)c(S(=O)(=O)N2CCCC2)c1. The van der Waals surface area contributed by atoms with Crippen LogP contribution in [-0.2, 0) is 10.0 Å². The van der Waals surface area contributed by atoms with E-state index in [1.807, 2.05) is 0 Å². The molecule has 2 aromatic carbocycles. The van der Waals surface area contributed by atoms with Gasteiger partial charge in [-0.25, -0.2) is 13.2 Å². The second-order valence-corrected chi connectivity index (χ2v) is 8.86. The number of aromatic amines is 2. The first-order chi connectivity index (χ1) is 13.3. The number of amides is 1. The number of hydrogen-bond donors (Lipinski definition) is 3. The lowest BCUT2D eigenvalue weighted by atomic mass is 10.2. The van der Waals surface area contributed by atoms with Gasteiger partial charge < -0.3 is 15.3 Å². The van der Waals surface area contributed by atoms with Gasteiger partial charge in [0.15, 0.2) is 0 Å². The van der Waals surface area contributed by atoms with Crippen LogP contribution in [0, 0.1) is 0 Å². The summed E-state index contributed by atoms with van der Waals surface area (Å²) in [4.78, 5) is 29.1. The van der Waals surface area contributed by atoms with Gasteiger partial charge >= 0.3 is 5.69 Å². The third-order valence-electron chi connectivity index (χ3n) is 4.65. The first kappa shape index (κ1) is 18.7. The summed E-state index contributed by atoms with van der Waals surface area (Å²) in [5.74, 6) is -0.480. The Morgan fingerprint density at radius 3 is 2.50 bits per heavy atom.